The molecule has 0 saturated carbocycles. The summed E-state index contributed by atoms with van der Waals surface area (Å²) in [5.41, 5.74) is 33.0. The number of hydrogen-bond acceptors (Lipinski definition) is 3. The van der Waals surface area contributed by atoms with Crippen LogP contribution in [-0.2, 0) is 32.5 Å². The maximum Gasteiger partial charge on any atom is 0.252 e. The van der Waals surface area contributed by atoms with Gasteiger partial charge in [0.1, 0.15) is 11.2 Å². The summed E-state index contributed by atoms with van der Waals surface area (Å²) in [5.74, 6) is 0. The Labute approximate surface area is 638 Å². The first kappa shape index (κ1) is 68.7. The maximum atomic E-state index is 7.11. The van der Waals surface area contributed by atoms with Crippen LogP contribution in [0.4, 0.5) is 34.1 Å². The molecule has 0 fully saturated rings. The first-order valence-electron chi connectivity index (χ1n) is 38.9. The zero-order valence-corrected chi connectivity index (χ0v) is 66.1. The number of rotatable bonds is 7. The Kier molecular flexibility index (Phi) is 15.4. The average Bonchev–Trinajstić information content (AvgIpc) is 0.919. The molecule has 18 rings (SSSR count). The molecule has 0 N–H and O–H groups in total. The molecule has 2 aliphatic rings. The SMILES string of the molecule is CC(C)(C)c1cc(-c2ccc3c(c2)N(c2c(-c4ccccc4)ccc4oc5ccccc5c24)c2cc(C(C)(C)C)cc4c2B3c2ccc(-n3c5ccc(C(C)(C)C)cc5c5cc(C(C)(C)C)ccc53)cc2N4c2c(-c3ccccc3C(C)(C)C)ccc3c2c2ccccc2n3-c2ccccc2)cc(C(C)(C)C)c1. The second-order valence-electron chi connectivity index (χ2n) is 37.0. The van der Waals surface area contributed by atoms with E-state index in [1.54, 1.807) is 0 Å². The topological polar surface area (TPSA) is 29.5 Å². The lowest BCUT2D eigenvalue weighted by Gasteiger charge is -2.46. The van der Waals surface area contributed by atoms with E-state index in [1.807, 2.05) is 0 Å². The lowest BCUT2D eigenvalue weighted by molar-refractivity contribution is 0.569. The van der Waals surface area contributed by atoms with Crippen molar-refractivity contribution in [3.8, 4) is 44.8 Å². The summed E-state index contributed by atoms with van der Waals surface area (Å²) in [6, 6.07) is 101. The minimum absolute atomic E-state index is 0.0664. The quantitative estimate of drug-likeness (QED) is 0.149. The van der Waals surface area contributed by atoms with Crippen LogP contribution in [0, 0.1) is 0 Å². The number of fused-ring (bicyclic) bond motifs is 13. The minimum Gasteiger partial charge on any atom is -0.456 e. The highest BCUT2D eigenvalue weighted by Gasteiger charge is 2.47. The van der Waals surface area contributed by atoms with Crippen LogP contribution >= 0.6 is 0 Å². The van der Waals surface area contributed by atoms with Crippen LogP contribution < -0.4 is 26.2 Å². The molecule has 108 heavy (non-hydrogen) atoms. The van der Waals surface area contributed by atoms with Crippen molar-refractivity contribution in [2.24, 2.45) is 0 Å². The van der Waals surface area contributed by atoms with Crippen molar-refractivity contribution in [1.29, 1.82) is 0 Å². The van der Waals surface area contributed by atoms with Gasteiger partial charge in [0.25, 0.3) is 6.71 Å². The van der Waals surface area contributed by atoms with Crippen molar-refractivity contribution in [3.63, 3.8) is 0 Å². The lowest BCUT2D eigenvalue weighted by atomic mass is 9.33. The molecule has 0 atom stereocenters. The highest BCUT2D eigenvalue weighted by Crippen LogP contribution is 2.57. The maximum absolute atomic E-state index is 7.11. The van der Waals surface area contributed by atoms with Gasteiger partial charge in [-0.1, -0.05) is 288 Å². The van der Waals surface area contributed by atoms with E-state index >= 15 is 0 Å². The molecule has 3 aromatic heterocycles. The first-order chi connectivity index (χ1) is 51.4. The Hall–Kier alpha value is -11.1. The number of aromatic nitrogens is 2. The normalized spacial score (nSPS) is 13.6. The summed E-state index contributed by atoms with van der Waals surface area (Å²) in [6.45, 7) is 42.2. The van der Waals surface area contributed by atoms with E-state index in [4.69, 9.17) is 4.42 Å². The second kappa shape index (κ2) is 24.2. The largest absolute Gasteiger partial charge is 0.456 e. The van der Waals surface area contributed by atoms with Gasteiger partial charge in [-0.15, -0.1) is 0 Å². The van der Waals surface area contributed by atoms with Gasteiger partial charge in [-0.2, -0.15) is 0 Å². The fourth-order valence-corrected chi connectivity index (χ4v) is 17.7. The number of anilines is 6. The molecule has 0 saturated heterocycles. The predicted octanol–water partition coefficient (Wildman–Crippen LogP) is 26.6. The molecule has 534 valence electrons. The van der Waals surface area contributed by atoms with Crippen LogP contribution in [0.2, 0.25) is 0 Å². The van der Waals surface area contributed by atoms with Gasteiger partial charge in [0.05, 0.1) is 38.8 Å². The summed E-state index contributed by atoms with van der Waals surface area (Å²) in [7, 11) is 0. The third kappa shape index (κ3) is 11.0. The van der Waals surface area contributed by atoms with Crippen LogP contribution in [0.25, 0.3) is 110 Å². The second-order valence-corrected chi connectivity index (χ2v) is 37.0. The van der Waals surface area contributed by atoms with E-state index in [0.717, 1.165) is 89.6 Å². The molecular formula is C102H97BN4O. The monoisotopic (exact) mass is 1400 g/mol. The number of hydrogen-bond donors (Lipinski definition) is 0. The molecule has 0 spiro atoms. The molecule has 2 aliphatic heterocycles. The first-order valence-corrected chi connectivity index (χ1v) is 38.9. The Morgan fingerprint density at radius 3 is 1.37 bits per heavy atom. The lowest BCUT2D eigenvalue weighted by Crippen LogP contribution is -2.61. The zero-order valence-electron chi connectivity index (χ0n) is 66.1. The molecule has 16 aromatic rings. The summed E-state index contributed by atoms with van der Waals surface area (Å²) in [6.07, 6.45) is 0. The van der Waals surface area contributed by atoms with Crippen LogP contribution in [0.5, 0.6) is 0 Å². The molecule has 0 radical (unpaired) electrons. The van der Waals surface area contributed by atoms with Gasteiger partial charge >= 0.3 is 0 Å². The summed E-state index contributed by atoms with van der Waals surface area (Å²) >= 11 is 0. The fourth-order valence-electron chi connectivity index (χ4n) is 17.7. The summed E-state index contributed by atoms with van der Waals surface area (Å²) < 4.78 is 12.2. The van der Waals surface area contributed by atoms with E-state index in [-0.39, 0.29) is 39.2 Å². The van der Waals surface area contributed by atoms with Crippen molar-refractivity contribution >= 4 is 123 Å². The Balaban J connectivity index is 1.05. The average molecular weight is 1410 g/mol. The van der Waals surface area contributed by atoms with E-state index in [2.05, 4.69) is 404 Å². The van der Waals surface area contributed by atoms with Crippen LogP contribution in [0.3, 0.4) is 0 Å². The van der Waals surface area contributed by atoms with E-state index in [9.17, 15) is 0 Å². The van der Waals surface area contributed by atoms with Crippen molar-refractivity contribution in [3.05, 3.63) is 294 Å². The van der Waals surface area contributed by atoms with Gasteiger partial charge in [0, 0.05) is 72.2 Å². The molecule has 0 amide bonds. The van der Waals surface area contributed by atoms with Crippen molar-refractivity contribution in [2.75, 3.05) is 9.80 Å². The van der Waals surface area contributed by atoms with Crippen molar-refractivity contribution in [2.45, 2.75) is 157 Å². The third-order valence-corrected chi connectivity index (χ3v) is 23.6. The van der Waals surface area contributed by atoms with Crippen LogP contribution in [-0.4, -0.2) is 15.8 Å². The van der Waals surface area contributed by atoms with E-state index in [1.165, 1.54) is 105 Å². The number of benzene rings is 13. The van der Waals surface area contributed by atoms with Gasteiger partial charge in [0.15, 0.2) is 0 Å². The van der Waals surface area contributed by atoms with Crippen LogP contribution in [0.1, 0.15) is 158 Å². The van der Waals surface area contributed by atoms with Gasteiger partial charge in [-0.05, 0) is 202 Å². The number of furan rings is 1. The smallest absolute Gasteiger partial charge is 0.252 e. The minimum atomic E-state index is -0.353. The van der Waals surface area contributed by atoms with Gasteiger partial charge < -0.3 is 23.4 Å². The molecule has 5 heterocycles. The Morgan fingerprint density at radius 2 is 0.759 bits per heavy atom. The zero-order chi connectivity index (χ0) is 75.2. The standard InChI is InChI=1S/C102H97BN4O/c1-97(2,3)65-42-49-83-77(57-65)78-58-66(98(4,5)6)43-50-84(78)105(83)71-44-48-81-87(61-71)107(96-74(73-35-25-28-38-79(73)102(16,17)18)45-51-85-92(96)75-36-26-29-39-82(75)104(85)70-33-23-20-24-34-70)89-60-69(101(13,14)15)59-88-94(89)103(81)80-47-41-63(64-53-67(99(7,8)9)56-68(54-64)100(10,11)12)55-86(80)106(88)95-72(62-31-21-19-22-32-62)46-52-91-93(95)76-37-27-30-40-90(76)108-91/h19-61H,1-18H3. The molecule has 0 unspecified atom stereocenters. The predicted molar refractivity (Wildman–Crippen MR) is 465 cm³/mol. The van der Waals surface area contributed by atoms with Gasteiger partial charge in [0.2, 0.25) is 0 Å². The van der Waals surface area contributed by atoms with E-state index < -0.39 is 0 Å². The highest BCUT2D eigenvalue weighted by atomic mass is 16.3. The highest BCUT2D eigenvalue weighted by molar-refractivity contribution is 7.00. The molecular weight excluding hydrogens is 1310 g/mol. The Bertz CT molecular complexity index is 6270. The molecule has 0 bridgehead atoms. The third-order valence-electron chi connectivity index (χ3n) is 23.6. The molecule has 0 aliphatic carbocycles. The van der Waals surface area contributed by atoms with Gasteiger partial charge in [-0.25, -0.2) is 0 Å². The fraction of sp³-hybridized carbons (Fsp3) is 0.235. The summed E-state index contributed by atoms with van der Waals surface area (Å²) in [4.78, 5) is 5.49. The number of nitrogens with zero attached hydrogens (tertiary/aromatic N) is 4. The molecule has 6 heteroatoms. The Morgan fingerprint density at radius 1 is 0.269 bits per heavy atom. The summed E-state index contributed by atoms with van der Waals surface area (Å²) in [5, 5.41) is 7.05. The molecule has 13 aromatic carbocycles. The van der Waals surface area contributed by atoms with E-state index in [0.29, 0.717) is 0 Å². The van der Waals surface area contributed by atoms with Crippen molar-refractivity contribution < 1.29 is 4.42 Å². The van der Waals surface area contributed by atoms with Gasteiger partial charge in [-0.3, -0.25) is 0 Å². The van der Waals surface area contributed by atoms with Crippen molar-refractivity contribution in [1.82, 2.24) is 9.13 Å². The number of para-hydroxylation sites is 3. The molecule has 5 nitrogen and oxygen atoms in total. The van der Waals surface area contributed by atoms with Crippen LogP contribution in [0.15, 0.2) is 265 Å².